The summed E-state index contributed by atoms with van der Waals surface area (Å²) in [6.45, 7) is 10.8. The lowest BCUT2D eigenvalue weighted by Gasteiger charge is -2.26. The van der Waals surface area contributed by atoms with Crippen LogP contribution in [0.25, 0.3) is 0 Å². The van der Waals surface area contributed by atoms with Crippen LogP contribution in [0.3, 0.4) is 0 Å². The number of benzene rings is 2. The molecule has 0 spiro atoms. The van der Waals surface area contributed by atoms with Crippen LogP contribution >= 0.6 is 0 Å². The van der Waals surface area contributed by atoms with Crippen molar-refractivity contribution in [1.29, 1.82) is 0 Å². The average Bonchev–Trinajstić information content (AvgIpc) is 2.70. The van der Waals surface area contributed by atoms with Gasteiger partial charge in [-0.2, -0.15) is 0 Å². The fraction of sp³-hybridized carbons (Fsp3) is 0.435. The Morgan fingerprint density at radius 2 is 1.86 bits per heavy atom. The molecule has 1 saturated heterocycles. The molecule has 0 bridgehead atoms. The number of rotatable bonds is 7. The van der Waals surface area contributed by atoms with E-state index < -0.39 is 6.10 Å². The van der Waals surface area contributed by atoms with E-state index in [1.807, 2.05) is 37.3 Å². The van der Waals surface area contributed by atoms with Crippen LogP contribution in [0.15, 0.2) is 42.5 Å². The van der Waals surface area contributed by atoms with Gasteiger partial charge < -0.3 is 14.8 Å². The minimum absolute atomic E-state index is 0.114. The van der Waals surface area contributed by atoms with E-state index in [2.05, 4.69) is 29.3 Å². The maximum absolute atomic E-state index is 12.4. The first kappa shape index (κ1) is 20.4. The van der Waals surface area contributed by atoms with Gasteiger partial charge in [0.25, 0.3) is 5.91 Å². The van der Waals surface area contributed by atoms with Gasteiger partial charge in [-0.3, -0.25) is 9.69 Å². The molecule has 0 radical (unpaired) electrons. The Morgan fingerprint density at radius 3 is 2.61 bits per heavy atom. The topological polar surface area (TPSA) is 50.8 Å². The van der Waals surface area contributed by atoms with Gasteiger partial charge in [0.1, 0.15) is 5.75 Å². The molecule has 1 fully saturated rings. The lowest BCUT2D eigenvalue weighted by molar-refractivity contribution is -0.127. The SMILES string of the molecule is Cc1ccc(O[C@@H](C)C(=O)NCc2cccc(CN3CCOCC3)c2)cc1C. The van der Waals surface area contributed by atoms with Gasteiger partial charge in [-0.05, 0) is 55.2 Å². The molecule has 2 aromatic rings. The second-order valence-corrected chi connectivity index (χ2v) is 7.43. The van der Waals surface area contributed by atoms with Gasteiger partial charge in [0, 0.05) is 26.2 Å². The molecule has 0 aromatic heterocycles. The number of nitrogens with one attached hydrogen (secondary N) is 1. The van der Waals surface area contributed by atoms with E-state index >= 15 is 0 Å². The van der Waals surface area contributed by atoms with Crippen molar-refractivity contribution < 1.29 is 14.3 Å². The van der Waals surface area contributed by atoms with Gasteiger partial charge in [0.15, 0.2) is 6.10 Å². The Hall–Kier alpha value is -2.37. The predicted molar refractivity (Wildman–Crippen MR) is 110 cm³/mol. The second kappa shape index (κ2) is 9.71. The van der Waals surface area contributed by atoms with Crippen molar-refractivity contribution in [3.05, 3.63) is 64.7 Å². The lowest BCUT2D eigenvalue weighted by Crippen LogP contribution is -2.36. The zero-order valence-electron chi connectivity index (χ0n) is 17.0. The summed E-state index contributed by atoms with van der Waals surface area (Å²) in [7, 11) is 0. The summed E-state index contributed by atoms with van der Waals surface area (Å²) < 4.78 is 11.2. The third-order valence-corrected chi connectivity index (χ3v) is 5.13. The van der Waals surface area contributed by atoms with E-state index in [4.69, 9.17) is 9.47 Å². The van der Waals surface area contributed by atoms with Gasteiger partial charge in [-0.25, -0.2) is 0 Å². The van der Waals surface area contributed by atoms with Crippen LogP contribution in [0, 0.1) is 13.8 Å². The number of carbonyl (C=O) groups is 1. The van der Waals surface area contributed by atoms with Crippen molar-refractivity contribution in [3.8, 4) is 5.75 Å². The number of morpholine rings is 1. The van der Waals surface area contributed by atoms with Crippen LogP contribution in [0.2, 0.25) is 0 Å². The van der Waals surface area contributed by atoms with E-state index in [1.54, 1.807) is 6.92 Å². The van der Waals surface area contributed by atoms with Crippen molar-refractivity contribution >= 4 is 5.91 Å². The van der Waals surface area contributed by atoms with E-state index in [9.17, 15) is 4.79 Å². The summed E-state index contributed by atoms with van der Waals surface area (Å²) in [5.74, 6) is 0.607. The Bertz CT molecular complexity index is 800. The molecule has 1 atom stereocenters. The fourth-order valence-electron chi connectivity index (χ4n) is 3.23. The minimum Gasteiger partial charge on any atom is -0.481 e. The molecule has 5 heteroatoms. The Morgan fingerprint density at radius 1 is 1.11 bits per heavy atom. The highest BCUT2D eigenvalue weighted by molar-refractivity contribution is 5.80. The van der Waals surface area contributed by atoms with Crippen molar-refractivity contribution in [2.24, 2.45) is 0 Å². The molecule has 2 aromatic carbocycles. The number of hydrogen-bond acceptors (Lipinski definition) is 4. The van der Waals surface area contributed by atoms with Crippen molar-refractivity contribution in [3.63, 3.8) is 0 Å². The summed E-state index contributed by atoms with van der Waals surface area (Å²) in [5, 5.41) is 2.98. The van der Waals surface area contributed by atoms with Crippen LogP contribution in [0.4, 0.5) is 0 Å². The smallest absolute Gasteiger partial charge is 0.261 e. The van der Waals surface area contributed by atoms with E-state index in [1.165, 1.54) is 11.1 Å². The van der Waals surface area contributed by atoms with Crippen LogP contribution in [-0.4, -0.2) is 43.2 Å². The van der Waals surface area contributed by atoms with E-state index in [-0.39, 0.29) is 5.91 Å². The molecule has 1 heterocycles. The molecule has 0 aliphatic carbocycles. The van der Waals surface area contributed by atoms with Crippen molar-refractivity contribution in [1.82, 2.24) is 10.2 Å². The van der Waals surface area contributed by atoms with Gasteiger partial charge in [-0.1, -0.05) is 30.3 Å². The maximum atomic E-state index is 12.4. The summed E-state index contributed by atoms with van der Waals surface area (Å²) in [5.41, 5.74) is 4.72. The molecule has 0 saturated carbocycles. The normalized spacial score (nSPS) is 15.8. The van der Waals surface area contributed by atoms with Crippen molar-refractivity contribution in [2.45, 2.75) is 40.0 Å². The monoisotopic (exact) mass is 382 g/mol. The summed E-state index contributed by atoms with van der Waals surface area (Å²) >= 11 is 0. The number of amides is 1. The second-order valence-electron chi connectivity index (χ2n) is 7.43. The zero-order chi connectivity index (χ0) is 19.9. The van der Waals surface area contributed by atoms with Crippen molar-refractivity contribution in [2.75, 3.05) is 26.3 Å². The molecule has 5 nitrogen and oxygen atoms in total. The average molecular weight is 383 g/mol. The first-order chi connectivity index (χ1) is 13.5. The summed E-state index contributed by atoms with van der Waals surface area (Å²) in [6.07, 6.45) is -0.543. The molecule has 1 aliphatic heterocycles. The first-order valence-corrected chi connectivity index (χ1v) is 9.91. The number of aryl methyl sites for hydroxylation is 2. The summed E-state index contributed by atoms with van der Waals surface area (Å²) in [6, 6.07) is 14.3. The maximum Gasteiger partial charge on any atom is 0.261 e. The predicted octanol–water partition coefficient (Wildman–Crippen LogP) is 3.22. The van der Waals surface area contributed by atoms with E-state index in [0.29, 0.717) is 6.54 Å². The first-order valence-electron chi connectivity index (χ1n) is 9.91. The Kier molecular flexibility index (Phi) is 7.06. The quantitative estimate of drug-likeness (QED) is 0.799. The Balaban J connectivity index is 1.50. The molecule has 1 aliphatic rings. The van der Waals surface area contributed by atoms with Crippen LogP contribution in [-0.2, 0) is 22.6 Å². The Labute approximate surface area is 167 Å². The molecule has 1 N–H and O–H groups in total. The number of hydrogen-bond donors (Lipinski definition) is 1. The van der Waals surface area contributed by atoms with Gasteiger partial charge >= 0.3 is 0 Å². The highest BCUT2D eigenvalue weighted by Gasteiger charge is 2.15. The highest BCUT2D eigenvalue weighted by atomic mass is 16.5. The highest BCUT2D eigenvalue weighted by Crippen LogP contribution is 2.18. The van der Waals surface area contributed by atoms with Gasteiger partial charge in [0.2, 0.25) is 0 Å². The zero-order valence-corrected chi connectivity index (χ0v) is 17.0. The van der Waals surface area contributed by atoms with E-state index in [0.717, 1.165) is 49.7 Å². The van der Waals surface area contributed by atoms with Gasteiger partial charge in [-0.15, -0.1) is 0 Å². The van der Waals surface area contributed by atoms with Crippen LogP contribution < -0.4 is 10.1 Å². The largest absolute Gasteiger partial charge is 0.481 e. The standard InChI is InChI=1S/C23H30N2O3/c1-17-7-8-22(13-18(17)2)28-19(3)23(26)24-15-20-5-4-6-21(14-20)16-25-9-11-27-12-10-25/h4-8,13-14,19H,9-12,15-16H2,1-3H3,(H,24,26)/t19-/m0/s1. The molecule has 1 amide bonds. The number of carbonyl (C=O) groups excluding carboxylic acids is 1. The van der Waals surface area contributed by atoms with Gasteiger partial charge in [0.05, 0.1) is 13.2 Å². The van der Waals surface area contributed by atoms with Crippen LogP contribution in [0.5, 0.6) is 5.75 Å². The molecule has 28 heavy (non-hydrogen) atoms. The third kappa shape index (κ3) is 5.81. The molecule has 150 valence electrons. The minimum atomic E-state index is -0.543. The number of nitrogens with zero attached hydrogens (tertiary/aromatic N) is 1. The fourth-order valence-corrected chi connectivity index (χ4v) is 3.23. The lowest BCUT2D eigenvalue weighted by atomic mass is 10.1. The van der Waals surface area contributed by atoms with Crippen LogP contribution in [0.1, 0.15) is 29.2 Å². The number of ether oxygens (including phenoxy) is 2. The molecular weight excluding hydrogens is 352 g/mol. The molecule has 0 unspecified atom stereocenters. The summed E-state index contributed by atoms with van der Waals surface area (Å²) in [4.78, 5) is 14.8. The third-order valence-electron chi connectivity index (χ3n) is 5.13. The molecule has 3 rings (SSSR count). The molecular formula is C23H30N2O3.